The summed E-state index contributed by atoms with van der Waals surface area (Å²) >= 11 is 0. The van der Waals surface area contributed by atoms with Crippen LogP contribution >= 0.6 is 0 Å². The number of ether oxygens (including phenoxy) is 1. The van der Waals surface area contributed by atoms with Gasteiger partial charge in [-0.15, -0.1) is 0 Å². The highest BCUT2D eigenvalue weighted by Gasteiger charge is 2.11. The van der Waals surface area contributed by atoms with Gasteiger partial charge in [-0.05, 0) is 19.1 Å². The number of para-hydroxylation sites is 1. The van der Waals surface area contributed by atoms with E-state index in [-0.39, 0.29) is 12.4 Å². The van der Waals surface area contributed by atoms with Crippen LogP contribution in [0.5, 0.6) is 0 Å². The summed E-state index contributed by atoms with van der Waals surface area (Å²) in [6.07, 6.45) is 3.73. The highest BCUT2D eigenvalue weighted by Crippen LogP contribution is 2.19. The van der Waals surface area contributed by atoms with Crippen molar-refractivity contribution < 1.29 is 13.9 Å². The van der Waals surface area contributed by atoms with E-state index in [1.165, 1.54) is 0 Å². The molecule has 0 radical (unpaired) electrons. The van der Waals surface area contributed by atoms with Gasteiger partial charge in [-0.1, -0.05) is 30.4 Å². The zero-order chi connectivity index (χ0) is 12.1. The molecule has 3 heteroatoms. The standard InChI is InChI=1S/C14H14O3/c1-2-3-8-16-10-12(15)14-9-11-6-4-5-7-13(11)17-14/h2-7,9H,8,10H2,1H3/b3-2+. The van der Waals surface area contributed by atoms with Crippen molar-refractivity contribution in [2.45, 2.75) is 6.92 Å². The fourth-order valence-corrected chi connectivity index (χ4v) is 1.51. The summed E-state index contributed by atoms with van der Waals surface area (Å²) in [5.41, 5.74) is 0.726. The summed E-state index contributed by atoms with van der Waals surface area (Å²) in [5.74, 6) is 0.220. The van der Waals surface area contributed by atoms with Crippen LogP contribution in [0.3, 0.4) is 0 Å². The highest BCUT2D eigenvalue weighted by molar-refractivity contribution is 5.98. The minimum absolute atomic E-state index is 0.0458. The fourth-order valence-electron chi connectivity index (χ4n) is 1.51. The summed E-state index contributed by atoms with van der Waals surface area (Å²) in [4.78, 5) is 11.7. The van der Waals surface area contributed by atoms with E-state index in [0.717, 1.165) is 11.0 Å². The van der Waals surface area contributed by atoms with Gasteiger partial charge < -0.3 is 9.15 Å². The summed E-state index contributed by atoms with van der Waals surface area (Å²) < 4.78 is 10.6. The molecule has 0 bridgehead atoms. The normalized spacial score (nSPS) is 11.4. The molecular weight excluding hydrogens is 216 g/mol. The van der Waals surface area contributed by atoms with Gasteiger partial charge in [-0.25, -0.2) is 0 Å². The molecule has 0 saturated carbocycles. The van der Waals surface area contributed by atoms with Gasteiger partial charge in [0.1, 0.15) is 12.2 Å². The number of hydrogen-bond acceptors (Lipinski definition) is 3. The van der Waals surface area contributed by atoms with Crippen LogP contribution in [-0.2, 0) is 4.74 Å². The Kier molecular flexibility index (Phi) is 3.73. The highest BCUT2D eigenvalue weighted by atomic mass is 16.5. The molecule has 1 aromatic carbocycles. The van der Waals surface area contributed by atoms with Crippen molar-refractivity contribution in [1.82, 2.24) is 0 Å². The van der Waals surface area contributed by atoms with Crippen LogP contribution in [0.1, 0.15) is 17.5 Å². The maximum atomic E-state index is 11.7. The number of carbonyl (C=O) groups excluding carboxylic acids is 1. The number of benzene rings is 1. The molecule has 0 aliphatic carbocycles. The Bertz CT molecular complexity index is 504. The van der Waals surface area contributed by atoms with Crippen molar-refractivity contribution in [2.24, 2.45) is 0 Å². The average Bonchev–Trinajstić information content (AvgIpc) is 2.78. The average molecular weight is 230 g/mol. The monoisotopic (exact) mass is 230 g/mol. The Morgan fingerprint density at radius 1 is 1.41 bits per heavy atom. The van der Waals surface area contributed by atoms with E-state index < -0.39 is 0 Å². The Morgan fingerprint density at radius 2 is 2.24 bits per heavy atom. The summed E-state index contributed by atoms with van der Waals surface area (Å²) in [6, 6.07) is 9.29. The van der Waals surface area contributed by atoms with Crippen LogP contribution in [0, 0.1) is 0 Å². The van der Waals surface area contributed by atoms with E-state index in [0.29, 0.717) is 12.4 Å². The first-order chi connectivity index (χ1) is 8.31. The van der Waals surface area contributed by atoms with Crippen molar-refractivity contribution in [3.63, 3.8) is 0 Å². The minimum Gasteiger partial charge on any atom is -0.453 e. The maximum absolute atomic E-state index is 11.7. The Labute approximate surface area is 99.7 Å². The van der Waals surface area contributed by atoms with E-state index in [2.05, 4.69) is 0 Å². The SMILES string of the molecule is C/C=C/COCC(=O)c1cc2ccccc2o1. The van der Waals surface area contributed by atoms with Gasteiger partial charge in [0.15, 0.2) is 5.76 Å². The van der Waals surface area contributed by atoms with Crippen molar-refractivity contribution in [1.29, 1.82) is 0 Å². The zero-order valence-electron chi connectivity index (χ0n) is 9.68. The van der Waals surface area contributed by atoms with Crippen molar-refractivity contribution in [3.05, 3.63) is 48.2 Å². The molecule has 2 rings (SSSR count). The number of Topliss-reactive ketones (excluding diaryl/α,β-unsaturated/α-hetero) is 1. The third kappa shape index (κ3) is 2.82. The molecule has 0 spiro atoms. The molecule has 17 heavy (non-hydrogen) atoms. The molecule has 0 unspecified atom stereocenters. The predicted molar refractivity (Wildman–Crippen MR) is 66.2 cm³/mol. The van der Waals surface area contributed by atoms with Crippen molar-refractivity contribution in [3.8, 4) is 0 Å². The second-order valence-electron chi connectivity index (χ2n) is 3.66. The van der Waals surface area contributed by atoms with Gasteiger partial charge in [-0.2, -0.15) is 0 Å². The predicted octanol–water partition coefficient (Wildman–Crippen LogP) is 3.21. The minimum atomic E-state index is -0.134. The van der Waals surface area contributed by atoms with Gasteiger partial charge in [0.05, 0.1) is 6.61 Å². The van der Waals surface area contributed by atoms with Gasteiger partial charge in [-0.3, -0.25) is 4.79 Å². The molecule has 0 aliphatic heterocycles. The van der Waals surface area contributed by atoms with Crippen LogP contribution in [0.25, 0.3) is 11.0 Å². The van der Waals surface area contributed by atoms with Crippen molar-refractivity contribution in [2.75, 3.05) is 13.2 Å². The molecular formula is C14H14O3. The zero-order valence-corrected chi connectivity index (χ0v) is 9.68. The molecule has 0 amide bonds. The lowest BCUT2D eigenvalue weighted by Gasteiger charge is -1.97. The number of fused-ring (bicyclic) bond motifs is 1. The number of furan rings is 1. The smallest absolute Gasteiger partial charge is 0.223 e. The fraction of sp³-hybridized carbons (Fsp3) is 0.214. The van der Waals surface area contributed by atoms with Crippen molar-refractivity contribution >= 4 is 16.8 Å². The van der Waals surface area contributed by atoms with Crippen LogP contribution < -0.4 is 0 Å². The van der Waals surface area contributed by atoms with Gasteiger partial charge in [0.2, 0.25) is 5.78 Å². The number of allylic oxidation sites excluding steroid dienone is 1. The first-order valence-corrected chi connectivity index (χ1v) is 5.52. The Hall–Kier alpha value is -1.87. The molecule has 0 atom stereocenters. The number of carbonyl (C=O) groups is 1. The van der Waals surface area contributed by atoms with Gasteiger partial charge >= 0.3 is 0 Å². The summed E-state index contributed by atoms with van der Waals surface area (Å²) in [5, 5.41) is 0.935. The van der Waals surface area contributed by atoms with E-state index in [1.807, 2.05) is 43.3 Å². The van der Waals surface area contributed by atoms with Crippen LogP contribution in [0.4, 0.5) is 0 Å². The largest absolute Gasteiger partial charge is 0.453 e. The van der Waals surface area contributed by atoms with Crippen LogP contribution in [0.2, 0.25) is 0 Å². The van der Waals surface area contributed by atoms with Crippen LogP contribution in [-0.4, -0.2) is 19.0 Å². The third-order valence-electron chi connectivity index (χ3n) is 2.38. The Morgan fingerprint density at radius 3 is 3.00 bits per heavy atom. The lowest BCUT2D eigenvalue weighted by Crippen LogP contribution is -2.07. The third-order valence-corrected chi connectivity index (χ3v) is 2.38. The molecule has 0 N–H and O–H groups in total. The molecule has 1 aromatic heterocycles. The van der Waals surface area contributed by atoms with E-state index >= 15 is 0 Å². The second-order valence-corrected chi connectivity index (χ2v) is 3.66. The number of ketones is 1. The van der Waals surface area contributed by atoms with Gasteiger partial charge in [0, 0.05) is 5.39 Å². The second kappa shape index (κ2) is 5.46. The lowest BCUT2D eigenvalue weighted by atomic mass is 10.2. The molecule has 88 valence electrons. The van der Waals surface area contributed by atoms with Crippen LogP contribution in [0.15, 0.2) is 46.9 Å². The molecule has 0 saturated heterocycles. The summed E-state index contributed by atoms with van der Waals surface area (Å²) in [7, 11) is 0. The first kappa shape index (κ1) is 11.6. The number of rotatable bonds is 5. The molecule has 2 aromatic rings. The van der Waals surface area contributed by atoms with Gasteiger partial charge in [0.25, 0.3) is 0 Å². The number of hydrogen-bond donors (Lipinski definition) is 0. The molecule has 0 aliphatic rings. The quantitative estimate of drug-likeness (QED) is 0.450. The van der Waals surface area contributed by atoms with E-state index in [4.69, 9.17) is 9.15 Å². The topological polar surface area (TPSA) is 39.4 Å². The lowest BCUT2D eigenvalue weighted by molar-refractivity contribution is 0.0780. The summed E-state index contributed by atoms with van der Waals surface area (Å²) in [6.45, 7) is 2.40. The van der Waals surface area contributed by atoms with E-state index in [9.17, 15) is 4.79 Å². The molecule has 3 nitrogen and oxygen atoms in total. The Balaban J connectivity index is 2.03. The maximum Gasteiger partial charge on any atom is 0.223 e. The first-order valence-electron chi connectivity index (χ1n) is 5.52. The molecule has 0 fully saturated rings. The van der Waals surface area contributed by atoms with E-state index in [1.54, 1.807) is 6.07 Å². The molecule has 1 heterocycles.